The van der Waals surface area contributed by atoms with E-state index in [4.69, 9.17) is 5.11 Å². The molecule has 0 spiro atoms. The number of carboxylic acid groups (broad SMARTS) is 1. The van der Waals surface area contributed by atoms with E-state index in [1.807, 2.05) is 26.0 Å². The van der Waals surface area contributed by atoms with Gasteiger partial charge in [-0.2, -0.15) is 0 Å². The Morgan fingerprint density at radius 3 is 2.67 bits per heavy atom. The van der Waals surface area contributed by atoms with Crippen molar-refractivity contribution in [3.8, 4) is 0 Å². The lowest BCUT2D eigenvalue weighted by Gasteiger charge is -2.59. The monoisotopic (exact) mass is 336 g/mol. The Morgan fingerprint density at radius 2 is 2.08 bits per heavy atom. The number of aliphatic hydroxyl groups is 2. The van der Waals surface area contributed by atoms with Gasteiger partial charge in [0, 0.05) is 11.0 Å². The van der Waals surface area contributed by atoms with E-state index in [1.54, 1.807) is 0 Å². The molecule has 0 aliphatic heterocycles. The zero-order chi connectivity index (χ0) is 18.1. The molecule has 4 nitrogen and oxygen atoms in total. The highest BCUT2D eigenvalue weighted by atomic mass is 16.4. The first-order chi connectivity index (χ1) is 11.2. The second-order valence-corrected chi connectivity index (χ2v) is 8.23. The second kappa shape index (κ2) is 7.01. The Hall–Kier alpha value is -1.13. The van der Waals surface area contributed by atoms with E-state index >= 15 is 0 Å². The van der Waals surface area contributed by atoms with Crippen LogP contribution in [0.5, 0.6) is 0 Å². The normalized spacial score (nSPS) is 40.0. The molecule has 4 heteroatoms. The maximum absolute atomic E-state index is 11.8. The number of rotatable bonds is 5. The van der Waals surface area contributed by atoms with Crippen molar-refractivity contribution in [2.75, 3.05) is 6.61 Å². The van der Waals surface area contributed by atoms with Crippen LogP contribution in [0.4, 0.5) is 0 Å². The molecule has 0 heterocycles. The highest BCUT2D eigenvalue weighted by Crippen LogP contribution is 2.62. The first-order valence-electron chi connectivity index (χ1n) is 9.06. The fourth-order valence-corrected chi connectivity index (χ4v) is 5.18. The number of hydrogen-bond donors (Lipinski definition) is 3. The lowest BCUT2D eigenvalue weighted by Crippen LogP contribution is -2.57. The van der Waals surface area contributed by atoms with Gasteiger partial charge in [-0.1, -0.05) is 38.5 Å². The molecule has 136 valence electrons. The molecule has 5 atom stereocenters. The molecule has 2 aliphatic rings. The predicted octanol–water partition coefficient (Wildman–Crippen LogP) is 3.54. The van der Waals surface area contributed by atoms with Crippen LogP contribution < -0.4 is 0 Å². The van der Waals surface area contributed by atoms with Crippen LogP contribution in [0, 0.1) is 22.7 Å². The maximum atomic E-state index is 11.8. The Labute approximate surface area is 145 Å². The van der Waals surface area contributed by atoms with E-state index < -0.39 is 17.5 Å². The minimum Gasteiger partial charge on any atom is -0.478 e. The molecule has 0 bridgehead atoms. The summed E-state index contributed by atoms with van der Waals surface area (Å²) in [5.74, 6) is -0.406. The molecule has 1 fully saturated rings. The van der Waals surface area contributed by atoms with Crippen LogP contribution in [-0.4, -0.2) is 34.0 Å². The van der Waals surface area contributed by atoms with Crippen LogP contribution in [0.1, 0.15) is 59.8 Å². The molecule has 5 unspecified atom stereocenters. The largest absolute Gasteiger partial charge is 0.478 e. The second-order valence-electron chi connectivity index (χ2n) is 8.23. The van der Waals surface area contributed by atoms with Gasteiger partial charge < -0.3 is 15.3 Å². The highest BCUT2D eigenvalue weighted by molar-refractivity contribution is 5.88. The van der Waals surface area contributed by atoms with E-state index in [-0.39, 0.29) is 17.9 Å². The molecule has 2 rings (SSSR count). The lowest BCUT2D eigenvalue weighted by molar-refractivity contribution is -0.148. The predicted molar refractivity (Wildman–Crippen MR) is 94.5 cm³/mol. The maximum Gasteiger partial charge on any atom is 0.331 e. The standard InChI is InChI=1S/C20H32O4/c1-13(9-11-21)8-10-19(3)14(2)12-17(22)20(4)15(18(23)24)6-5-7-16(19)20/h6,9,14,16-17,21-22H,5,7-8,10-12H2,1-4H3,(H,23,24). The topological polar surface area (TPSA) is 77.8 Å². The van der Waals surface area contributed by atoms with Crippen molar-refractivity contribution in [1.82, 2.24) is 0 Å². The average Bonchev–Trinajstić information content (AvgIpc) is 2.51. The Bertz CT molecular complexity index is 550. The molecule has 3 N–H and O–H groups in total. The van der Waals surface area contributed by atoms with Gasteiger partial charge >= 0.3 is 5.97 Å². The van der Waals surface area contributed by atoms with E-state index in [9.17, 15) is 15.0 Å². The Kier molecular flexibility index (Phi) is 5.61. The van der Waals surface area contributed by atoms with Crippen LogP contribution >= 0.6 is 0 Å². The van der Waals surface area contributed by atoms with Crippen LogP contribution in [-0.2, 0) is 4.79 Å². The minimum atomic E-state index is -0.894. The zero-order valence-electron chi connectivity index (χ0n) is 15.4. The molecule has 0 aromatic heterocycles. The van der Waals surface area contributed by atoms with Gasteiger partial charge in [0.05, 0.1) is 12.7 Å². The summed E-state index contributed by atoms with van der Waals surface area (Å²) in [7, 11) is 0. The van der Waals surface area contributed by atoms with Crippen LogP contribution in [0.2, 0.25) is 0 Å². The summed E-state index contributed by atoms with van der Waals surface area (Å²) < 4.78 is 0. The van der Waals surface area contributed by atoms with Crippen molar-refractivity contribution in [2.45, 2.75) is 65.9 Å². The van der Waals surface area contributed by atoms with Crippen LogP contribution in [0.15, 0.2) is 23.3 Å². The van der Waals surface area contributed by atoms with Crippen molar-refractivity contribution in [2.24, 2.45) is 22.7 Å². The molecular weight excluding hydrogens is 304 g/mol. The van der Waals surface area contributed by atoms with E-state index in [2.05, 4.69) is 13.8 Å². The van der Waals surface area contributed by atoms with Crippen molar-refractivity contribution in [3.63, 3.8) is 0 Å². The summed E-state index contributed by atoms with van der Waals surface area (Å²) in [5.41, 5.74) is 0.864. The van der Waals surface area contributed by atoms with Gasteiger partial charge in [-0.3, -0.25) is 0 Å². The van der Waals surface area contributed by atoms with Gasteiger partial charge in [-0.15, -0.1) is 0 Å². The third-order valence-corrected chi connectivity index (χ3v) is 7.03. The first kappa shape index (κ1) is 19.2. The van der Waals surface area contributed by atoms with Crippen molar-refractivity contribution in [3.05, 3.63) is 23.3 Å². The smallest absolute Gasteiger partial charge is 0.331 e. The van der Waals surface area contributed by atoms with E-state index in [0.717, 1.165) is 25.7 Å². The minimum absolute atomic E-state index is 0.0203. The summed E-state index contributed by atoms with van der Waals surface area (Å²) in [6.45, 7) is 8.49. The third kappa shape index (κ3) is 3.06. The molecule has 24 heavy (non-hydrogen) atoms. The summed E-state index contributed by atoms with van der Waals surface area (Å²) >= 11 is 0. The SMILES string of the molecule is CC(=CCO)CCC1(C)C(C)CC(O)C2(C)C(C(=O)O)=CCCC12. The molecule has 2 aliphatic carbocycles. The van der Waals surface area contributed by atoms with Gasteiger partial charge in [-0.25, -0.2) is 4.79 Å². The van der Waals surface area contributed by atoms with Crippen molar-refractivity contribution in [1.29, 1.82) is 0 Å². The van der Waals surface area contributed by atoms with Gasteiger partial charge in [-0.05, 0) is 56.3 Å². The summed E-state index contributed by atoms with van der Waals surface area (Å²) in [4.78, 5) is 11.8. The number of allylic oxidation sites excluding steroid dienone is 2. The van der Waals surface area contributed by atoms with Crippen molar-refractivity contribution < 1.29 is 20.1 Å². The number of carboxylic acids is 1. The number of carbonyl (C=O) groups is 1. The highest BCUT2D eigenvalue weighted by Gasteiger charge is 2.59. The molecule has 0 aromatic rings. The zero-order valence-corrected chi connectivity index (χ0v) is 15.4. The average molecular weight is 336 g/mol. The molecule has 0 amide bonds. The molecule has 1 saturated carbocycles. The lowest BCUT2D eigenvalue weighted by atomic mass is 9.45. The molecule has 0 saturated heterocycles. The summed E-state index contributed by atoms with van der Waals surface area (Å²) in [5, 5.41) is 29.5. The van der Waals surface area contributed by atoms with Gasteiger partial charge in [0.1, 0.15) is 0 Å². The number of hydrogen-bond acceptors (Lipinski definition) is 3. The van der Waals surface area contributed by atoms with Crippen molar-refractivity contribution >= 4 is 5.97 Å². The number of fused-ring (bicyclic) bond motifs is 1. The third-order valence-electron chi connectivity index (χ3n) is 7.03. The quantitative estimate of drug-likeness (QED) is 0.671. The molecule has 0 radical (unpaired) electrons. The Balaban J connectivity index is 2.37. The number of aliphatic carboxylic acids is 1. The van der Waals surface area contributed by atoms with E-state index in [1.165, 1.54) is 5.57 Å². The molecule has 0 aromatic carbocycles. The fourth-order valence-electron chi connectivity index (χ4n) is 5.18. The molecular formula is C20H32O4. The van der Waals surface area contributed by atoms with E-state index in [0.29, 0.717) is 17.9 Å². The number of aliphatic hydroxyl groups excluding tert-OH is 2. The van der Waals surface area contributed by atoms with Gasteiger partial charge in [0.2, 0.25) is 0 Å². The summed E-state index contributed by atoms with van der Waals surface area (Å²) in [6.07, 6.45) is 7.23. The first-order valence-corrected chi connectivity index (χ1v) is 9.06. The van der Waals surface area contributed by atoms with Crippen LogP contribution in [0.3, 0.4) is 0 Å². The fraction of sp³-hybridized carbons (Fsp3) is 0.750. The summed E-state index contributed by atoms with van der Waals surface area (Å²) in [6, 6.07) is 0. The van der Waals surface area contributed by atoms with Crippen LogP contribution in [0.25, 0.3) is 0 Å². The Morgan fingerprint density at radius 1 is 1.42 bits per heavy atom. The van der Waals surface area contributed by atoms with Gasteiger partial charge in [0.15, 0.2) is 0 Å². The van der Waals surface area contributed by atoms with Gasteiger partial charge in [0.25, 0.3) is 0 Å².